The van der Waals surface area contributed by atoms with Crippen molar-refractivity contribution in [1.82, 2.24) is 10.6 Å². The predicted molar refractivity (Wildman–Crippen MR) is 129 cm³/mol. The van der Waals surface area contributed by atoms with E-state index >= 15 is 0 Å². The summed E-state index contributed by atoms with van der Waals surface area (Å²) in [6, 6.07) is 21.9. The number of carboxylic acid groups (broad SMARTS) is 1. The molecule has 0 unspecified atom stereocenters. The first-order valence-corrected chi connectivity index (χ1v) is 11.3. The molecule has 3 aromatic carbocycles. The van der Waals surface area contributed by atoms with Crippen LogP contribution in [0.1, 0.15) is 35.1 Å². The molecule has 0 spiro atoms. The van der Waals surface area contributed by atoms with E-state index in [4.69, 9.17) is 9.84 Å². The molecule has 0 heterocycles. The summed E-state index contributed by atoms with van der Waals surface area (Å²) in [4.78, 5) is 37.1. The average molecular weight is 475 g/mol. The fourth-order valence-corrected chi connectivity index (χ4v) is 4.35. The molecule has 35 heavy (non-hydrogen) atoms. The lowest BCUT2D eigenvalue weighted by Gasteiger charge is -2.22. The number of hydrogen-bond acceptors (Lipinski definition) is 5. The predicted octanol–water partition coefficient (Wildman–Crippen LogP) is 3.22. The fourth-order valence-electron chi connectivity index (χ4n) is 4.35. The van der Waals surface area contributed by atoms with Crippen molar-refractivity contribution in [3.63, 3.8) is 0 Å². The summed E-state index contributed by atoms with van der Waals surface area (Å²) >= 11 is 0. The van der Waals surface area contributed by atoms with Gasteiger partial charge in [-0.05, 0) is 27.8 Å². The van der Waals surface area contributed by atoms with Crippen molar-refractivity contribution in [3.05, 3.63) is 95.6 Å². The van der Waals surface area contributed by atoms with E-state index in [-0.39, 0.29) is 18.9 Å². The highest BCUT2D eigenvalue weighted by atomic mass is 16.5. The van der Waals surface area contributed by atoms with Crippen LogP contribution in [0, 0.1) is 0 Å². The average Bonchev–Trinajstić information content (AvgIpc) is 3.20. The maximum atomic E-state index is 12.9. The molecule has 0 saturated carbocycles. The van der Waals surface area contributed by atoms with Gasteiger partial charge in [-0.25, -0.2) is 9.59 Å². The maximum Gasteiger partial charge on any atom is 0.408 e. The van der Waals surface area contributed by atoms with Crippen LogP contribution in [0.4, 0.5) is 4.79 Å². The highest BCUT2D eigenvalue weighted by Gasteiger charge is 2.31. The molecule has 2 amide bonds. The molecule has 0 bridgehead atoms. The van der Waals surface area contributed by atoms with Crippen LogP contribution in [0.2, 0.25) is 0 Å². The normalized spacial score (nSPS) is 13.7. The Kier molecular flexibility index (Phi) is 7.42. The molecule has 1 aliphatic carbocycles. The molecule has 8 nitrogen and oxygen atoms in total. The Morgan fingerprint density at radius 2 is 1.40 bits per heavy atom. The van der Waals surface area contributed by atoms with E-state index in [1.165, 1.54) is 0 Å². The van der Waals surface area contributed by atoms with E-state index in [1.54, 1.807) is 30.3 Å². The van der Waals surface area contributed by atoms with E-state index in [0.717, 1.165) is 22.3 Å². The quantitative estimate of drug-likeness (QED) is 0.377. The third-order valence-corrected chi connectivity index (χ3v) is 6.03. The van der Waals surface area contributed by atoms with Gasteiger partial charge in [0.15, 0.2) is 0 Å². The van der Waals surface area contributed by atoms with Crippen molar-refractivity contribution < 1.29 is 29.3 Å². The minimum absolute atomic E-state index is 0.0747. The van der Waals surface area contributed by atoms with Crippen LogP contribution >= 0.6 is 0 Å². The lowest BCUT2D eigenvalue weighted by atomic mass is 9.98. The zero-order chi connectivity index (χ0) is 24.8. The molecular weight excluding hydrogens is 448 g/mol. The summed E-state index contributed by atoms with van der Waals surface area (Å²) in [6.45, 7) is -0.335. The summed E-state index contributed by atoms with van der Waals surface area (Å²) in [5, 5.41) is 23.4. The Morgan fingerprint density at radius 3 is 1.97 bits per heavy atom. The third kappa shape index (κ3) is 5.33. The van der Waals surface area contributed by atoms with Crippen LogP contribution in [0.3, 0.4) is 0 Å². The lowest BCUT2D eigenvalue weighted by Crippen LogP contribution is -2.47. The van der Waals surface area contributed by atoms with Gasteiger partial charge in [0.25, 0.3) is 0 Å². The van der Waals surface area contributed by atoms with Crippen LogP contribution < -0.4 is 10.6 Å². The second kappa shape index (κ2) is 10.8. The highest BCUT2D eigenvalue weighted by Crippen LogP contribution is 2.44. The summed E-state index contributed by atoms with van der Waals surface area (Å²) in [7, 11) is 0. The summed E-state index contributed by atoms with van der Waals surface area (Å²) in [5.41, 5.74) is 4.79. The van der Waals surface area contributed by atoms with E-state index in [2.05, 4.69) is 10.6 Å². The van der Waals surface area contributed by atoms with E-state index < -0.39 is 36.7 Å². The Balaban J connectivity index is 1.48. The molecule has 0 saturated heterocycles. The number of alkyl carbamates (subject to hydrolysis) is 1. The van der Waals surface area contributed by atoms with E-state index in [0.29, 0.717) is 5.56 Å². The number of fused-ring (bicyclic) bond motifs is 3. The lowest BCUT2D eigenvalue weighted by molar-refractivity contribution is -0.142. The van der Waals surface area contributed by atoms with Gasteiger partial charge in [0.1, 0.15) is 18.7 Å². The van der Waals surface area contributed by atoms with Gasteiger partial charge in [-0.3, -0.25) is 4.79 Å². The monoisotopic (exact) mass is 474 g/mol. The second-order valence-electron chi connectivity index (χ2n) is 8.23. The molecule has 1 aliphatic rings. The Bertz CT molecular complexity index is 1170. The van der Waals surface area contributed by atoms with Crippen LogP contribution in [-0.4, -0.2) is 47.4 Å². The van der Waals surface area contributed by atoms with Gasteiger partial charge in [0.05, 0.1) is 0 Å². The van der Waals surface area contributed by atoms with Crippen molar-refractivity contribution >= 4 is 18.0 Å². The molecular formula is C27H26N2O6. The van der Waals surface area contributed by atoms with Gasteiger partial charge in [0.2, 0.25) is 5.91 Å². The number of benzene rings is 3. The number of carbonyl (C=O) groups is 3. The Hall–Kier alpha value is -4.17. The van der Waals surface area contributed by atoms with Crippen molar-refractivity contribution in [1.29, 1.82) is 0 Å². The largest absolute Gasteiger partial charge is 0.480 e. The number of amides is 2. The molecule has 3 aromatic rings. The Morgan fingerprint density at radius 1 is 0.829 bits per heavy atom. The number of hydrogen-bond donors (Lipinski definition) is 4. The van der Waals surface area contributed by atoms with Crippen molar-refractivity contribution in [2.75, 3.05) is 13.2 Å². The van der Waals surface area contributed by atoms with Crippen molar-refractivity contribution in [3.8, 4) is 11.1 Å². The van der Waals surface area contributed by atoms with Gasteiger partial charge in [0, 0.05) is 18.9 Å². The minimum atomic E-state index is -1.29. The molecule has 180 valence electrons. The smallest absolute Gasteiger partial charge is 0.408 e. The van der Waals surface area contributed by atoms with Crippen LogP contribution in [-0.2, 0) is 14.3 Å². The molecule has 0 aromatic heterocycles. The standard InChI is InChI=1S/C27H26N2O6/c30-15-14-23(26(32)33)28-25(31)24(17-8-2-1-3-9-17)29-27(34)35-16-22-20-12-6-4-10-18(20)19-11-5-7-13-21(19)22/h1-13,22-24,30H,14-16H2,(H,28,31)(H,29,34)(H,32,33)/t23-,24+/m1/s1. The van der Waals surface area contributed by atoms with Crippen LogP contribution in [0.5, 0.6) is 0 Å². The fraction of sp³-hybridized carbons (Fsp3) is 0.222. The van der Waals surface area contributed by atoms with Gasteiger partial charge < -0.3 is 25.6 Å². The van der Waals surface area contributed by atoms with E-state index in [9.17, 15) is 19.5 Å². The summed E-state index contributed by atoms with van der Waals surface area (Å²) in [6.07, 6.45) is -0.960. The van der Waals surface area contributed by atoms with Crippen LogP contribution in [0.15, 0.2) is 78.9 Å². The second-order valence-corrected chi connectivity index (χ2v) is 8.23. The number of ether oxygens (including phenoxy) is 1. The molecule has 0 aliphatic heterocycles. The zero-order valence-electron chi connectivity index (χ0n) is 18.9. The first-order chi connectivity index (χ1) is 17.0. The molecule has 8 heteroatoms. The van der Waals surface area contributed by atoms with E-state index in [1.807, 2.05) is 48.5 Å². The number of aliphatic hydroxyl groups is 1. The molecule has 2 atom stereocenters. The van der Waals surface area contributed by atoms with Crippen molar-refractivity contribution in [2.45, 2.75) is 24.4 Å². The highest BCUT2D eigenvalue weighted by molar-refractivity contribution is 5.90. The first kappa shape index (κ1) is 24.0. The summed E-state index contributed by atoms with van der Waals surface area (Å²) < 4.78 is 5.56. The van der Waals surface area contributed by atoms with Gasteiger partial charge in [-0.15, -0.1) is 0 Å². The summed E-state index contributed by atoms with van der Waals surface area (Å²) in [5.74, 6) is -2.14. The van der Waals surface area contributed by atoms with Gasteiger partial charge in [-0.2, -0.15) is 0 Å². The minimum Gasteiger partial charge on any atom is -0.480 e. The van der Waals surface area contributed by atoms with Gasteiger partial charge >= 0.3 is 12.1 Å². The molecule has 4 rings (SSSR count). The number of carbonyl (C=O) groups excluding carboxylic acids is 2. The number of aliphatic hydroxyl groups excluding tert-OH is 1. The number of aliphatic carboxylic acids is 1. The Labute approximate surface area is 202 Å². The SMILES string of the molecule is O=C(N[C@H](C(=O)N[C@H](CCO)C(=O)O)c1ccccc1)OCC1c2ccccc2-c2ccccc21. The molecule has 0 radical (unpaired) electrons. The number of carboxylic acids is 1. The zero-order valence-corrected chi connectivity index (χ0v) is 18.9. The van der Waals surface area contributed by atoms with Crippen molar-refractivity contribution in [2.24, 2.45) is 0 Å². The molecule has 4 N–H and O–H groups in total. The number of rotatable bonds is 9. The van der Waals surface area contributed by atoms with Gasteiger partial charge in [-0.1, -0.05) is 78.9 Å². The maximum absolute atomic E-state index is 12.9. The first-order valence-electron chi connectivity index (χ1n) is 11.3. The third-order valence-electron chi connectivity index (χ3n) is 6.03. The topological polar surface area (TPSA) is 125 Å². The number of nitrogens with one attached hydrogen (secondary N) is 2. The van der Waals surface area contributed by atoms with Crippen LogP contribution in [0.25, 0.3) is 11.1 Å². The molecule has 0 fully saturated rings.